The van der Waals surface area contributed by atoms with E-state index in [0.29, 0.717) is 5.52 Å². The van der Waals surface area contributed by atoms with E-state index in [9.17, 15) is 8.78 Å². The number of nitrogens with zero attached hydrogens (tertiary/aromatic N) is 6. The van der Waals surface area contributed by atoms with E-state index >= 15 is 4.39 Å². The Kier molecular flexibility index (Phi) is 5.35. The highest BCUT2D eigenvalue weighted by atomic mass is 32.2. The molecule has 3 aromatic heterocycles. The number of aromatic nitrogens is 4. The number of hydrogen-bond donors (Lipinski definition) is 1. The van der Waals surface area contributed by atoms with Crippen LogP contribution < -0.4 is 9.62 Å². The average Bonchev–Trinajstić information content (AvgIpc) is 3.14. The van der Waals surface area contributed by atoms with E-state index < -0.39 is 17.4 Å². The van der Waals surface area contributed by atoms with E-state index in [-0.39, 0.29) is 16.4 Å². The van der Waals surface area contributed by atoms with Gasteiger partial charge in [0.25, 0.3) is 6.43 Å². The highest BCUT2D eigenvalue weighted by molar-refractivity contribution is 7.97. The molecule has 7 nitrogen and oxygen atoms in total. The quantitative estimate of drug-likeness (QED) is 0.551. The Morgan fingerprint density at radius 3 is 2.58 bits per heavy atom. The summed E-state index contributed by atoms with van der Waals surface area (Å²) in [5.74, 6) is -0.455. The number of rotatable bonds is 6. The lowest BCUT2D eigenvalue weighted by Crippen LogP contribution is -2.44. The monoisotopic (exact) mass is 469 g/mol. The second-order valence-corrected chi connectivity index (χ2v) is 10.2. The van der Waals surface area contributed by atoms with Gasteiger partial charge in [0.1, 0.15) is 5.52 Å². The third kappa shape index (κ3) is 4.13. The minimum atomic E-state index is -2.72. The van der Waals surface area contributed by atoms with Crippen molar-refractivity contribution in [3.63, 3.8) is 0 Å². The minimum Gasteiger partial charge on any atom is -0.367 e. The Morgan fingerprint density at radius 1 is 1.19 bits per heavy atom. The van der Waals surface area contributed by atoms with Crippen LogP contribution in [0.5, 0.6) is 0 Å². The van der Waals surface area contributed by atoms with E-state index in [1.165, 1.54) is 11.9 Å². The number of hydrogen-bond acceptors (Lipinski definition) is 8. The minimum absolute atomic E-state index is 0.113. The number of halogens is 3. The fourth-order valence-electron chi connectivity index (χ4n) is 3.51. The first kappa shape index (κ1) is 21.0. The molecule has 1 aliphatic carbocycles. The number of nitrogens with one attached hydrogen (secondary N) is 1. The summed E-state index contributed by atoms with van der Waals surface area (Å²) in [5, 5.41) is 7.15. The summed E-state index contributed by atoms with van der Waals surface area (Å²) in [4.78, 5) is 9.33. The van der Waals surface area contributed by atoms with E-state index in [4.69, 9.17) is 0 Å². The molecule has 0 atom stereocenters. The molecule has 166 valence electrons. The highest BCUT2D eigenvalue weighted by Crippen LogP contribution is 2.39. The molecule has 2 fully saturated rings. The molecule has 3 aromatic rings. The Hall–Kier alpha value is -1.89. The van der Waals surface area contributed by atoms with Crippen LogP contribution in [0.1, 0.15) is 31.2 Å². The maximum absolute atomic E-state index is 15.1. The molecule has 1 saturated heterocycles. The van der Waals surface area contributed by atoms with Gasteiger partial charge in [0.15, 0.2) is 15.8 Å². The summed E-state index contributed by atoms with van der Waals surface area (Å²) in [5.41, 5.74) is 1.19. The van der Waals surface area contributed by atoms with Crippen molar-refractivity contribution in [3.8, 4) is 10.8 Å². The predicted molar refractivity (Wildman–Crippen MR) is 115 cm³/mol. The number of piperazine rings is 1. The summed E-state index contributed by atoms with van der Waals surface area (Å²) < 4.78 is 46.2. The van der Waals surface area contributed by atoms with Gasteiger partial charge in [-0.25, -0.2) is 8.78 Å². The van der Waals surface area contributed by atoms with Crippen LogP contribution in [0.15, 0.2) is 17.2 Å². The van der Waals surface area contributed by atoms with Crippen LogP contribution in [-0.2, 0) is 0 Å². The van der Waals surface area contributed by atoms with Crippen LogP contribution in [0.2, 0.25) is 0 Å². The SMILES string of the molecule is CN1CCN(c2cc(SNC3(C)CC3)cn3c(-c4nnc(C(F)F)s4)nc(F)c23)CC1. The number of alkyl halides is 2. The van der Waals surface area contributed by atoms with Gasteiger partial charge in [-0.1, -0.05) is 11.3 Å². The third-order valence-corrected chi connectivity index (χ3v) is 7.70. The summed E-state index contributed by atoms with van der Waals surface area (Å²) in [7, 11) is 2.06. The molecule has 0 amide bonds. The van der Waals surface area contributed by atoms with Gasteiger partial charge in [-0.2, -0.15) is 9.37 Å². The van der Waals surface area contributed by atoms with Crippen molar-refractivity contribution in [1.29, 1.82) is 0 Å². The molecule has 12 heteroatoms. The molecule has 1 aliphatic heterocycles. The summed E-state index contributed by atoms with van der Waals surface area (Å²) in [6.07, 6.45) is 1.28. The molecule has 1 N–H and O–H groups in total. The molecule has 0 unspecified atom stereocenters. The van der Waals surface area contributed by atoms with Crippen LogP contribution >= 0.6 is 23.3 Å². The topological polar surface area (TPSA) is 61.6 Å². The van der Waals surface area contributed by atoms with Crippen LogP contribution in [0, 0.1) is 5.95 Å². The Balaban J connectivity index is 1.60. The summed E-state index contributed by atoms with van der Waals surface area (Å²) in [6.45, 7) is 5.43. The van der Waals surface area contributed by atoms with Gasteiger partial charge in [-0.15, -0.1) is 10.2 Å². The van der Waals surface area contributed by atoms with Gasteiger partial charge >= 0.3 is 0 Å². The molecular formula is C19H22F3N7S2. The van der Waals surface area contributed by atoms with Crippen LogP contribution in [0.25, 0.3) is 16.3 Å². The van der Waals surface area contributed by atoms with Crippen LogP contribution in [0.4, 0.5) is 18.9 Å². The fourth-order valence-corrected chi connectivity index (χ4v) is 5.09. The third-order valence-electron chi connectivity index (χ3n) is 5.72. The second kappa shape index (κ2) is 7.91. The average molecular weight is 470 g/mol. The van der Waals surface area contributed by atoms with E-state index in [2.05, 4.69) is 43.7 Å². The molecular weight excluding hydrogens is 447 g/mol. The largest absolute Gasteiger partial charge is 0.367 e. The Bertz CT molecular complexity index is 1100. The normalized spacial score (nSPS) is 19.0. The molecule has 0 bridgehead atoms. The molecule has 2 aliphatic rings. The summed E-state index contributed by atoms with van der Waals surface area (Å²) in [6, 6.07) is 1.98. The Morgan fingerprint density at radius 2 is 1.94 bits per heavy atom. The van der Waals surface area contributed by atoms with Crippen molar-refractivity contribution >= 4 is 34.5 Å². The summed E-state index contributed by atoms with van der Waals surface area (Å²) >= 11 is 2.23. The first-order valence-corrected chi connectivity index (χ1v) is 11.7. The van der Waals surface area contributed by atoms with Gasteiger partial charge in [-0.3, -0.25) is 9.12 Å². The number of anilines is 1. The van der Waals surface area contributed by atoms with Crippen LogP contribution in [0.3, 0.4) is 0 Å². The fraction of sp³-hybridized carbons (Fsp3) is 0.526. The van der Waals surface area contributed by atoms with Crippen molar-refractivity contribution in [2.24, 2.45) is 0 Å². The van der Waals surface area contributed by atoms with E-state index in [1.807, 2.05) is 6.07 Å². The van der Waals surface area contributed by atoms with Gasteiger partial charge < -0.3 is 9.80 Å². The molecule has 4 heterocycles. The van der Waals surface area contributed by atoms with Crippen LogP contribution in [-0.4, -0.2) is 63.2 Å². The number of pyridine rings is 1. The zero-order valence-electron chi connectivity index (χ0n) is 17.1. The number of likely N-dealkylation sites (N-methyl/N-ethyl adjacent to an activating group) is 1. The van der Waals surface area contributed by atoms with Gasteiger partial charge in [0, 0.05) is 42.8 Å². The lowest BCUT2D eigenvalue weighted by atomic mass is 10.2. The second-order valence-electron chi connectivity index (χ2n) is 8.31. The molecule has 31 heavy (non-hydrogen) atoms. The smallest absolute Gasteiger partial charge is 0.291 e. The molecule has 0 radical (unpaired) electrons. The standard InChI is InChI=1S/C19H22F3N7S2/c1-19(3-4-19)26-31-11-9-12(28-7-5-27(2)6-8-28)13-15(22)23-16(29(13)10-11)18-25-24-17(30-18)14(20)21/h9-10,14,26H,3-8H2,1-2H3. The number of fused-ring (bicyclic) bond motifs is 1. The van der Waals surface area contributed by atoms with Crippen molar-refractivity contribution in [1.82, 2.24) is 29.2 Å². The number of imidazole rings is 1. The first-order valence-electron chi connectivity index (χ1n) is 10.0. The molecule has 1 saturated carbocycles. The zero-order valence-corrected chi connectivity index (χ0v) is 18.7. The predicted octanol–water partition coefficient (Wildman–Crippen LogP) is 3.83. The first-order chi connectivity index (χ1) is 14.8. The van der Waals surface area contributed by atoms with Crippen molar-refractivity contribution < 1.29 is 13.2 Å². The maximum Gasteiger partial charge on any atom is 0.291 e. The zero-order chi connectivity index (χ0) is 21.8. The molecule has 0 aromatic carbocycles. The maximum atomic E-state index is 15.1. The highest BCUT2D eigenvalue weighted by Gasteiger charge is 2.37. The molecule has 0 spiro atoms. The van der Waals surface area contributed by atoms with E-state index in [0.717, 1.165) is 60.9 Å². The van der Waals surface area contributed by atoms with Gasteiger partial charge in [0.05, 0.1) is 5.69 Å². The van der Waals surface area contributed by atoms with Gasteiger partial charge in [-0.05, 0) is 44.8 Å². The lowest BCUT2D eigenvalue weighted by molar-refractivity contribution is 0.150. The van der Waals surface area contributed by atoms with Gasteiger partial charge in [0.2, 0.25) is 5.95 Å². The molecule has 5 rings (SSSR count). The van der Waals surface area contributed by atoms with E-state index in [1.54, 1.807) is 10.6 Å². The van der Waals surface area contributed by atoms with Crippen molar-refractivity contribution in [2.75, 3.05) is 38.1 Å². The van der Waals surface area contributed by atoms with Crippen molar-refractivity contribution in [2.45, 2.75) is 36.6 Å². The lowest BCUT2D eigenvalue weighted by Gasteiger charge is -2.34. The Labute approximate surface area is 185 Å². The van der Waals surface area contributed by atoms with Crippen molar-refractivity contribution in [3.05, 3.63) is 23.2 Å².